The summed E-state index contributed by atoms with van der Waals surface area (Å²) in [6, 6.07) is 2.85. The van der Waals surface area contributed by atoms with E-state index in [4.69, 9.17) is 0 Å². The Balaban J connectivity index is 2.43. The van der Waals surface area contributed by atoms with Crippen LogP contribution in [0.15, 0.2) is 0 Å². The van der Waals surface area contributed by atoms with Gasteiger partial charge in [-0.15, -0.1) is 0 Å². The average molecular weight is 218 g/mol. The van der Waals surface area contributed by atoms with Gasteiger partial charge in [0.05, 0.1) is 5.69 Å². The van der Waals surface area contributed by atoms with Crippen LogP contribution in [0.4, 0.5) is 5.82 Å². The van der Waals surface area contributed by atoms with E-state index in [1.54, 1.807) is 0 Å². The highest BCUT2D eigenvalue weighted by Crippen LogP contribution is 2.30. The Kier molecular flexibility index (Phi) is 2.86. The smallest absolute Gasteiger partial charge is 0.145 e. The lowest BCUT2D eigenvalue weighted by atomic mass is 10.1. The van der Waals surface area contributed by atoms with Crippen molar-refractivity contribution in [1.82, 2.24) is 9.78 Å². The number of hydrogen-bond acceptors (Lipinski definition) is 3. The van der Waals surface area contributed by atoms with Gasteiger partial charge < -0.3 is 4.90 Å². The molecule has 0 spiro atoms. The number of aryl methyl sites for hydroxylation is 2. The highest BCUT2D eigenvalue weighted by atomic mass is 15.4. The van der Waals surface area contributed by atoms with Crippen molar-refractivity contribution in [2.24, 2.45) is 7.05 Å². The first-order valence-electron chi connectivity index (χ1n) is 5.89. The normalized spacial score (nSPS) is 20.1. The molecular weight excluding hydrogens is 200 g/mol. The van der Waals surface area contributed by atoms with E-state index in [2.05, 4.69) is 23.0 Å². The first kappa shape index (κ1) is 11.0. The molecule has 0 radical (unpaired) electrons. The molecule has 2 rings (SSSR count). The third kappa shape index (κ3) is 1.57. The average Bonchev–Trinajstić information content (AvgIpc) is 2.81. The van der Waals surface area contributed by atoms with E-state index < -0.39 is 0 Å². The maximum Gasteiger partial charge on any atom is 0.145 e. The molecule has 16 heavy (non-hydrogen) atoms. The van der Waals surface area contributed by atoms with Crippen molar-refractivity contribution in [3.05, 3.63) is 11.3 Å². The lowest BCUT2D eigenvalue weighted by Gasteiger charge is -2.25. The predicted octanol–water partition coefficient (Wildman–Crippen LogP) is 1.98. The van der Waals surface area contributed by atoms with Gasteiger partial charge >= 0.3 is 0 Å². The summed E-state index contributed by atoms with van der Waals surface area (Å²) in [5, 5.41) is 13.5. The van der Waals surface area contributed by atoms with Crippen LogP contribution in [0.1, 0.15) is 37.4 Å². The highest BCUT2D eigenvalue weighted by molar-refractivity contribution is 5.58. The Hall–Kier alpha value is -1.50. The molecule has 0 aliphatic carbocycles. The maximum absolute atomic E-state index is 9.20. The minimum absolute atomic E-state index is 0.571. The summed E-state index contributed by atoms with van der Waals surface area (Å²) in [4.78, 5) is 2.35. The minimum atomic E-state index is 0.571. The van der Waals surface area contributed by atoms with Crippen molar-refractivity contribution in [3.8, 4) is 6.07 Å². The van der Waals surface area contributed by atoms with Crippen molar-refractivity contribution in [2.75, 3.05) is 11.4 Å². The van der Waals surface area contributed by atoms with Gasteiger partial charge in [0, 0.05) is 19.6 Å². The first-order valence-corrected chi connectivity index (χ1v) is 5.89. The monoisotopic (exact) mass is 218 g/mol. The number of nitrogens with zero attached hydrogens (tertiary/aromatic N) is 4. The molecule has 1 aromatic heterocycles. The third-order valence-electron chi connectivity index (χ3n) is 3.42. The van der Waals surface area contributed by atoms with E-state index in [1.165, 1.54) is 12.8 Å². The summed E-state index contributed by atoms with van der Waals surface area (Å²) < 4.78 is 1.85. The fourth-order valence-corrected chi connectivity index (χ4v) is 2.65. The molecule has 4 heteroatoms. The van der Waals surface area contributed by atoms with Crippen LogP contribution in [0.2, 0.25) is 0 Å². The summed E-state index contributed by atoms with van der Waals surface area (Å²) in [5.74, 6) is 1.00. The quantitative estimate of drug-likeness (QED) is 0.762. The molecule has 0 aromatic carbocycles. The zero-order chi connectivity index (χ0) is 11.7. The molecular formula is C12H18N4. The zero-order valence-electron chi connectivity index (χ0n) is 10.2. The van der Waals surface area contributed by atoms with E-state index in [-0.39, 0.29) is 0 Å². The second-order valence-electron chi connectivity index (χ2n) is 4.42. The van der Waals surface area contributed by atoms with E-state index in [0.717, 1.165) is 30.0 Å². The predicted molar refractivity (Wildman–Crippen MR) is 63.3 cm³/mol. The van der Waals surface area contributed by atoms with Gasteiger partial charge in [-0.3, -0.25) is 4.68 Å². The highest BCUT2D eigenvalue weighted by Gasteiger charge is 2.28. The fourth-order valence-electron chi connectivity index (χ4n) is 2.65. The standard InChI is InChI=1S/C12H18N4/c1-4-10-6-5-7-16(10)12-11(8-13)9(2)14-15(12)3/h10H,4-7H2,1-3H3. The molecule has 0 N–H and O–H groups in total. The van der Waals surface area contributed by atoms with E-state index in [9.17, 15) is 5.26 Å². The van der Waals surface area contributed by atoms with E-state index in [0.29, 0.717) is 6.04 Å². The number of rotatable bonds is 2. The Morgan fingerprint density at radius 1 is 1.56 bits per heavy atom. The summed E-state index contributed by atoms with van der Waals surface area (Å²) in [5.41, 5.74) is 1.57. The second kappa shape index (κ2) is 4.17. The SMILES string of the molecule is CCC1CCCN1c1c(C#N)c(C)nn1C. The van der Waals surface area contributed by atoms with Crippen molar-refractivity contribution in [3.63, 3.8) is 0 Å². The summed E-state index contributed by atoms with van der Waals surface area (Å²) in [6.45, 7) is 5.16. The van der Waals surface area contributed by atoms with Gasteiger partial charge in [-0.1, -0.05) is 6.92 Å². The van der Waals surface area contributed by atoms with Crippen molar-refractivity contribution >= 4 is 5.82 Å². The second-order valence-corrected chi connectivity index (χ2v) is 4.42. The van der Waals surface area contributed by atoms with Gasteiger partial charge in [-0.05, 0) is 26.2 Å². The molecule has 1 fully saturated rings. The largest absolute Gasteiger partial charge is 0.353 e. The Labute approximate surface area is 96.5 Å². The topological polar surface area (TPSA) is 44.9 Å². The molecule has 1 saturated heterocycles. The zero-order valence-corrected chi connectivity index (χ0v) is 10.2. The molecule has 1 aliphatic heterocycles. The molecule has 1 aromatic rings. The van der Waals surface area contributed by atoms with Gasteiger partial charge in [-0.2, -0.15) is 10.4 Å². The molecule has 86 valence electrons. The first-order chi connectivity index (χ1) is 7.69. The van der Waals surface area contributed by atoms with Crippen LogP contribution in [0.5, 0.6) is 0 Å². The number of nitriles is 1. The lowest BCUT2D eigenvalue weighted by molar-refractivity contribution is 0.620. The molecule has 0 bridgehead atoms. The van der Waals surface area contributed by atoms with E-state index in [1.807, 2.05) is 18.7 Å². The van der Waals surface area contributed by atoms with Crippen LogP contribution in [-0.4, -0.2) is 22.4 Å². The Morgan fingerprint density at radius 2 is 2.31 bits per heavy atom. The van der Waals surface area contributed by atoms with Gasteiger partial charge in [0.2, 0.25) is 0 Å². The number of anilines is 1. The molecule has 1 atom stereocenters. The van der Waals surface area contributed by atoms with Crippen LogP contribution in [0, 0.1) is 18.3 Å². The van der Waals surface area contributed by atoms with Crippen LogP contribution >= 0.6 is 0 Å². The van der Waals surface area contributed by atoms with Crippen LogP contribution < -0.4 is 4.90 Å². The number of hydrogen-bond donors (Lipinski definition) is 0. The maximum atomic E-state index is 9.20. The van der Waals surface area contributed by atoms with Crippen molar-refractivity contribution in [2.45, 2.75) is 39.2 Å². The molecule has 4 nitrogen and oxygen atoms in total. The van der Waals surface area contributed by atoms with Crippen molar-refractivity contribution in [1.29, 1.82) is 5.26 Å². The van der Waals surface area contributed by atoms with Crippen LogP contribution in [0.25, 0.3) is 0 Å². The Bertz CT molecular complexity index is 427. The number of aromatic nitrogens is 2. The molecule has 2 heterocycles. The van der Waals surface area contributed by atoms with Crippen LogP contribution in [-0.2, 0) is 7.05 Å². The summed E-state index contributed by atoms with van der Waals surface area (Å²) >= 11 is 0. The van der Waals surface area contributed by atoms with Crippen LogP contribution in [0.3, 0.4) is 0 Å². The minimum Gasteiger partial charge on any atom is -0.353 e. The molecule has 1 aliphatic rings. The molecule has 0 saturated carbocycles. The third-order valence-corrected chi connectivity index (χ3v) is 3.42. The summed E-state index contributed by atoms with van der Waals surface area (Å²) in [7, 11) is 1.92. The van der Waals surface area contributed by atoms with Crippen molar-refractivity contribution < 1.29 is 0 Å². The van der Waals surface area contributed by atoms with Gasteiger partial charge in [-0.25, -0.2) is 0 Å². The Morgan fingerprint density at radius 3 is 2.94 bits per heavy atom. The van der Waals surface area contributed by atoms with Gasteiger partial charge in [0.15, 0.2) is 0 Å². The van der Waals surface area contributed by atoms with Gasteiger partial charge in [0.25, 0.3) is 0 Å². The lowest BCUT2D eigenvalue weighted by Crippen LogP contribution is -2.30. The molecule has 1 unspecified atom stereocenters. The van der Waals surface area contributed by atoms with Gasteiger partial charge in [0.1, 0.15) is 17.5 Å². The van der Waals surface area contributed by atoms with E-state index >= 15 is 0 Å². The fraction of sp³-hybridized carbons (Fsp3) is 0.667. The molecule has 0 amide bonds. The summed E-state index contributed by atoms with van der Waals surface area (Å²) in [6.07, 6.45) is 3.58.